The first-order valence-electron chi connectivity index (χ1n) is 5.34. The Hall–Kier alpha value is -2.30. The number of nitrogens with one attached hydrogen (secondary N) is 3. The Morgan fingerprint density at radius 2 is 2.12 bits per heavy atom. The maximum Gasteiger partial charge on any atom is 0.271 e. The van der Waals surface area contributed by atoms with Gasteiger partial charge in [-0.05, 0) is 5.56 Å². The number of amides is 1. The highest BCUT2D eigenvalue weighted by atomic mass is 16.1. The molecule has 88 valence electrons. The van der Waals surface area contributed by atoms with Gasteiger partial charge in [-0.15, -0.1) is 0 Å². The summed E-state index contributed by atoms with van der Waals surface area (Å²) in [6.45, 7) is 0.502. The molecule has 0 unspecified atom stereocenters. The third-order valence-electron chi connectivity index (χ3n) is 2.43. The first-order valence-corrected chi connectivity index (χ1v) is 5.34. The fourth-order valence-electron chi connectivity index (χ4n) is 1.52. The first-order chi connectivity index (χ1) is 8.31. The van der Waals surface area contributed by atoms with Gasteiger partial charge in [0.25, 0.3) is 5.91 Å². The van der Waals surface area contributed by atoms with Crippen LogP contribution in [0.5, 0.6) is 0 Å². The van der Waals surface area contributed by atoms with Crippen LogP contribution in [0.2, 0.25) is 0 Å². The number of carbonyl (C=O) groups excluding carboxylic acids is 1. The number of aromatic amines is 1. The molecule has 0 radical (unpaired) electrons. The van der Waals surface area contributed by atoms with Crippen LogP contribution in [0.25, 0.3) is 0 Å². The van der Waals surface area contributed by atoms with Gasteiger partial charge in [0.15, 0.2) is 0 Å². The van der Waals surface area contributed by atoms with Crippen molar-refractivity contribution in [2.75, 3.05) is 12.4 Å². The van der Waals surface area contributed by atoms with E-state index in [1.807, 2.05) is 30.3 Å². The van der Waals surface area contributed by atoms with Gasteiger partial charge in [-0.25, -0.2) is 0 Å². The van der Waals surface area contributed by atoms with Crippen LogP contribution in [-0.4, -0.2) is 23.2 Å². The molecule has 17 heavy (non-hydrogen) atoms. The number of hydrogen-bond acceptors (Lipinski definition) is 3. The molecule has 1 aromatic heterocycles. The summed E-state index contributed by atoms with van der Waals surface area (Å²) in [5, 5.41) is 12.2. The second-order valence-corrected chi connectivity index (χ2v) is 3.58. The van der Waals surface area contributed by atoms with Crippen LogP contribution in [0.1, 0.15) is 16.1 Å². The number of H-pyrrole nitrogens is 1. The lowest BCUT2D eigenvalue weighted by molar-refractivity contribution is 0.0946. The normalized spacial score (nSPS) is 9.94. The molecule has 0 aliphatic carbocycles. The van der Waals surface area contributed by atoms with Crippen molar-refractivity contribution in [1.82, 2.24) is 15.5 Å². The van der Waals surface area contributed by atoms with Crippen LogP contribution < -0.4 is 10.6 Å². The van der Waals surface area contributed by atoms with Gasteiger partial charge < -0.3 is 10.6 Å². The Morgan fingerprint density at radius 1 is 1.35 bits per heavy atom. The molecule has 0 saturated heterocycles. The maximum absolute atomic E-state index is 11.8. The lowest BCUT2D eigenvalue weighted by atomic mass is 10.2. The Balaban J connectivity index is 1.98. The van der Waals surface area contributed by atoms with Crippen molar-refractivity contribution in [3.63, 3.8) is 0 Å². The van der Waals surface area contributed by atoms with E-state index in [9.17, 15) is 4.79 Å². The Morgan fingerprint density at radius 3 is 2.82 bits per heavy atom. The van der Waals surface area contributed by atoms with Crippen molar-refractivity contribution in [2.45, 2.75) is 6.54 Å². The Labute approximate surface area is 99.2 Å². The highest BCUT2D eigenvalue weighted by Gasteiger charge is 2.11. The van der Waals surface area contributed by atoms with Crippen molar-refractivity contribution >= 4 is 11.6 Å². The van der Waals surface area contributed by atoms with Crippen molar-refractivity contribution in [2.24, 2.45) is 0 Å². The van der Waals surface area contributed by atoms with Crippen molar-refractivity contribution in [3.8, 4) is 0 Å². The third kappa shape index (κ3) is 2.63. The maximum atomic E-state index is 11.8. The van der Waals surface area contributed by atoms with E-state index < -0.39 is 0 Å². The summed E-state index contributed by atoms with van der Waals surface area (Å²) < 4.78 is 0. The van der Waals surface area contributed by atoms with Crippen LogP contribution in [0.3, 0.4) is 0 Å². The highest BCUT2D eigenvalue weighted by Crippen LogP contribution is 2.10. The predicted octanol–water partition coefficient (Wildman–Crippen LogP) is 1.38. The second kappa shape index (κ2) is 5.16. The number of rotatable bonds is 4. The molecule has 5 nitrogen and oxygen atoms in total. The number of nitrogens with zero attached hydrogens (tertiary/aromatic N) is 1. The van der Waals surface area contributed by atoms with E-state index in [0.29, 0.717) is 17.9 Å². The molecule has 0 atom stereocenters. The number of hydrogen-bond donors (Lipinski definition) is 3. The van der Waals surface area contributed by atoms with Gasteiger partial charge in [-0.2, -0.15) is 5.10 Å². The second-order valence-electron chi connectivity index (χ2n) is 3.58. The summed E-state index contributed by atoms with van der Waals surface area (Å²) >= 11 is 0. The molecule has 0 bridgehead atoms. The van der Waals surface area contributed by atoms with Crippen molar-refractivity contribution in [3.05, 3.63) is 47.8 Å². The summed E-state index contributed by atoms with van der Waals surface area (Å²) in [7, 11) is 1.75. The van der Waals surface area contributed by atoms with Crippen LogP contribution in [-0.2, 0) is 6.54 Å². The summed E-state index contributed by atoms with van der Waals surface area (Å²) in [6, 6.07) is 9.76. The van der Waals surface area contributed by atoms with E-state index in [1.165, 1.54) is 0 Å². The quantitative estimate of drug-likeness (QED) is 0.743. The Bertz CT molecular complexity index is 492. The van der Waals surface area contributed by atoms with Gasteiger partial charge in [0.2, 0.25) is 0 Å². The SMILES string of the molecule is CNc1cn[nH]c1C(=O)NCc1ccccc1. The zero-order valence-electron chi connectivity index (χ0n) is 9.53. The van der Waals surface area contributed by atoms with E-state index in [-0.39, 0.29) is 5.91 Å². The zero-order valence-corrected chi connectivity index (χ0v) is 9.53. The standard InChI is InChI=1S/C12H14N4O/c1-13-10-8-15-16-11(10)12(17)14-7-9-5-3-2-4-6-9/h2-6,8,13H,7H2,1H3,(H,14,17)(H,15,16). The molecule has 0 spiro atoms. The van der Waals surface area contributed by atoms with E-state index in [4.69, 9.17) is 0 Å². The average molecular weight is 230 g/mol. The number of aromatic nitrogens is 2. The fraction of sp³-hybridized carbons (Fsp3) is 0.167. The first kappa shape index (κ1) is 11.2. The van der Waals surface area contributed by atoms with E-state index in [1.54, 1.807) is 13.2 Å². The molecule has 1 aromatic carbocycles. The lowest BCUT2D eigenvalue weighted by Gasteiger charge is -2.05. The average Bonchev–Trinajstić information content (AvgIpc) is 2.85. The van der Waals surface area contributed by atoms with Crippen LogP contribution >= 0.6 is 0 Å². The predicted molar refractivity (Wildman–Crippen MR) is 65.7 cm³/mol. The zero-order chi connectivity index (χ0) is 12.1. The Kier molecular flexibility index (Phi) is 3.40. The molecular weight excluding hydrogens is 216 g/mol. The smallest absolute Gasteiger partial charge is 0.271 e. The number of carbonyl (C=O) groups is 1. The summed E-state index contributed by atoms with van der Waals surface area (Å²) in [6.07, 6.45) is 1.58. The van der Waals surface area contributed by atoms with Crippen molar-refractivity contribution < 1.29 is 4.79 Å². The minimum atomic E-state index is -0.171. The largest absolute Gasteiger partial charge is 0.385 e. The lowest BCUT2D eigenvalue weighted by Crippen LogP contribution is -2.23. The summed E-state index contributed by atoms with van der Waals surface area (Å²) in [5.41, 5.74) is 2.20. The molecule has 0 aliphatic rings. The highest BCUT2D eigenvalue weighted by molar-refractivity contribution is 5.97. The summed E-state index contributed by atoms with van der Waals surface area (Å²) in [4.78, 5) is 11.8. The summed E-state index contributed by atoms with van der Waals surface area (Å²) in [5.74, 6) is -0.171. The molecule has 0 fully saturated rings. The molecule has 3 N–H and O–H groups in total. The fourth-order valence-corrected chi connectivity index (χ4v) is 1.52. The van der Waals surface area contributed by atoms with Gasteiger partial charge >= 0.3 is 0 Å². The number of benzene rings is 1. The molecule has 0 saturated carbocycles. The van der Waals surface area contributed by atoms with Gasteiger partial charge in [-0.1, -0.05) is 30.3 Å². The van der Waals surface area contributed by atoms with E-state index in [0.717, 1.165) is 5.56 Å². The molecule has 2 aromatic rings. The van der Waals surface area contributed by atoms with Gasteiger partial charge in [-0.3, -0.25) is 9.89 Å². The molecule has 1 heterocycles. The molecular formula is C12H14N4O. The third-order valence-corrected chi connectivity index (χ3v) is 2.43. The van der Waals surface area contributed by atoms with Gasteiger partial charge in [0.1, 0.15) is 5.69 Å². The van der Waals surface area contributed by atoms with Crippen molar-refractivity contribution in [1.29, 1.82) is 0 Å². The van der Waals surface area contributed by atoms with Gasteiger partial charge in [0, 0.05) is 13.6 Å². The van der Waals surface area contributed by atoms with E-state index >= 15 is 0 Å². The minimum absolute atomic E-state index is 0.171. The van der Waals surface area contributed by atoms with Crippen LogP contribution in [0.15, 0.2) is 36.5 Å². The molecule has 1 amide bonds. The van der Waals surface area contributed by atoms with Crippen LogP contribution in [0, 0.1) is 0 Å². The number of anilines is 1. The minimum Gasteiger partial charge on any atom is -0.385 e. The molecule has 5 heteroatoms. The van der Waals surface area contributed by atoms with Crippen LogP contribution in [0.4, 0.5) is 5.69 Å². The molecule has 0 aliphatic heterocycles. The topological polar surface area (TPSA) is 69.8 Å². The van der Waals surface area contributed by atoms with E-state index in [2.05, 4.69) is 20.8 Å². The monoisotopic (exact) mass is 230 g/mol. The molecule has 2 rings (SSSR count). The van der Waals surface area contributed by atoms with Gasteiger partial charge in [0.05, 0.1) is 11.9 Å².